The largest absolute Gasteiger partial charge is 0.480 e. The van der Waals surface area contributed by atoms with Crippen LogP contribution in [0.15, 0.2) is 30.3 Å². The summed E-state index contributed by atoms with van der Waals surface area (Å²) < 4.78 is 0. The third-order valence-electron chi connectivity index (χ3n) is 2.94. The van der Waals surface area contributed by atoms with Gasteiger partial charge in [0.15, 0.2) is 0 Å². The number of hydrogen-bond acceptors (Lipinski definition) is 4. The van der Waals surface area contributed by atoms with Gasteiger partial charge in [-0.2, -0.15) is 0 Å². The van der Waals surface area contributed by atoms with E-state index < -0.39 is 17.4 Å². The van der Waals surface area contributed by atoms with Crippen LogP contribution in [0.1, 0.15) is 24.3 Å². The van der Waals surface area contributed by atoms with E-state index in [1.54, 1.807) is 18.2 Å². The summed E-state index contributed by atoms with van der Waals surface area (Å²) in [5.41, 5.74) is 5.61. The van der Waals surface area contributed by atoms with Gasteiger partial charge in [0.05, 0.1) is 5.52 Å². The van der Waals surface area contributed by atoms with Crippen LogP contribution in [0.25, 0.3) is 10.9 Å². The number of benzene rings is 1. The number of pyridine rings is 1. The number of amides is 1. The lowest BCUT2D eigenvalue weighted by atomic mass is 10.1. The van der Waals surface area contributed by atoms with Gasteiger partial charge in [0.2, 0.25) is 0 Å². The second kappa shape index (κ2) is 4.80. The minimum Gasteiger partial charge on any atom is -0.480 e. The van der Waals surface area contributed by atoms with Crippen LogP contribution in [0, 0.1) is 0 Å². The molecule has 1 aromatic carbocycles. The van der Waals surface area contributed by atoms with Crippen molar-refractivity contribution in [1.82, 2.24) is 10.3 Å². The second-order valence-electron chi connectivity index (χ2n) is 5.00. The number of aliphatic carboxylic acids is 1. The molecule has 6 heteroatoms. The molecule has 0 aliphatic heterocycles. The van der Waals surface area contributed by atoms with E-state index in [0.717, 1.165) is 5.39 Å². The Morgan fingerprint density at radius 2 is 1.95 bits per heavy atom. The molecule has 2 aromatic rings. The highest BCUT2D eigenvalue weighted by molar-refractivity contribution is 6.00. The average Bonchev–Trinajstić information content (AvgIpc) is 2.38. The number of para-hydroxylation sites is 1. The van der Waals surface area contributed by atoms with Gasteiger partial charge in [-0.25, -0.2) is 9.78 Å². The lowest BCUT2D eigenvalue weighted by molar-refractivity contribution is -0.143. The molecule has 0 radical (unpaired) electrons. The molecule has 1 aromatic heterocycles. The Morgan fingerprint density at radius 3 is 2.60 bits per heavy atom. The van der Waals surface area contributed by atoms with Crippen LogP contribution in [0.4, 0.5) is 5.69 Å². The summed E-state index contributed by atoms with van der Waals surface area (Å²) in [4.78, 5) is 27.3. The van der Waals surface area contributed by atoms with Crippen LogP contribution < -0.4 is 11.1 Å². The van der Waals surface area contributed by atoms with Crippen molar-refractivity contribution in [3.63, 3.8) is 0 Å². The molecular formula is C14H15N3O3. The van der Waals surface area contributed by atoms with Gasteiger partial charge in [-0.05, 0) is 26.0 Å². The maximum atomic E-state index is 12.1. The number of anilines is 1. The van der Waals surface area contributed by atoms with Gasteiger partial charge in [0, 0.05) is 11.1 Å². The van der Waals surface area contributed by atoms with E-state index in [2.05, 4.69) is 10.3 Å². The predicted octanol–water partition coefficient (Wildman–Crippen LogP) is 1.41. The van der Waals surface area contributed by atoms with Crippen molar-refractivity contribution >= 4 is 28.5 Å². The quantitative estimate of drug-likeness (QED) is 0.784. The Kier molecular flexibility index (Phi) is 3.31. The predicted molar refractivity (Wildman–Crippen MR) is 75.3 cm³/mol. The Balaban J connectivity index is 2.38. The number of nitrogens with two attached hydrogens (primary N) is 1. The summed E-state index contributed by atoms with van der Waals surface area (Å²) >= 11 is 0. The lowest BCUT2D eigenvalue weighted by Crippen LogP contribution is -2.49. The monoisotopic (exact) mass is 273 g/mol. The molecule has 0 saturated carbocycles. The fourth-order valence-corrected chi connectivity index (χ4v) is 1.72. The number of carbonyl (C=O) groups excluding carboxylic acids is 1. The van der Waals surface area contributed by atoms with Crippen molar-refractivity contribution in [3.8, 4) is 0 Å². The van der Waals surface area contributed by atoms with E-state index in [1.807, 2.05) is 6.07 Å². The molecule has 0 atom stereocenters. The first-order valence-corrected chi connectivity index (χ1v) is 6.02. The van der Waals surface area contributed by atoms with Crippen LogP contribution in [0.2, 0.25) is 0 Å². The first-order valence-electron chi connectivity index (χ1n) is 6.02. The van der Waals surface area contributed by atoms with Crippen molar-refractivity contribution in [2.45, 2.75) is 19.4 Å². The summed E-state index contributed by atoms with van der Waals surface area (Å²) in [6.07, 6.45) is 0. The van der Waals surface area contributed by atoms with Gasteiger partial charge in [0.25, 0.3) is 5.91 Å². The summed E-state index contributed by atoms with van der Waals surface area (Å²) in [6.45, 7) is 2.80. The maximum absolute atomic E-state index is 12.1. The van der Waals surface area contributed by atoms with E-state index in [-0.39, 0.29) is 5.69 Å². The SMILES string of the molecule is CC(C)(NC(=O)c1cc(N)c2ccccc2n1)C(=O)O. The minimum atomic E-state index is -1.38. The van der Waals surface area contributed by atoms with Crippen molar-refractivity contribution < 1.29 is 14.7 Å². The molecule has 6 nitrogen and oxygen atoms in total. The van der Waals surface area contributed by atoms with Crippen LogP contribution in [0.3, 0.4) is 0 Å². The fraction of sp³-hybridized carbons (Fsp3) is 0.214. The normalized spacial score (nSPS) is 11.3. The van der Waals surface area contributed by atoms with Crippen LogP contribution in [-0.2, 0) is 4.79 Å². The molecule has 0 fully saturated rings. The number of nitrogen functional groups attached to an aromatic ring is 1. The lowest BCUT2D eigenvalue weighted by Gasteiger charge is -2.20. The number of nitrogens with one attached hydrogen (secondary N) is 1. The summed E-state index contributed by atoms with van der Waals surface area (Å²) in [6, 6.07) is 8.60. The molecule has 1 amide bonds. The molecule has 0 aliphatic rings. The number of aromatic nitrogens is 1. The molecular weight excluding hydrogens is 258 g/mol. The molecule has 0 bridgehead atoms. The van der Waals surface area contributed by atoms with Crippen molar-refractivity contribution in [2.24, 2.45) is 0 Å². The first kappa shape index (κ1) is 13.8. The summed E-state index contributed by atoms with van der Waals surface area (Å²) in [5.74, 6) is -1.70. The Labute approximate surface area is 115 Å². The first-order chi connectivity index (χ1) is 9.31. The van der Waals surface area contributed by atoms with Gasteiger partial charge in [-0.15, -0.1) is 0 Å². The molecule has 0 unspecified atom stereocenters. The van der Waals surface area contributed by atoms with Crippen LogP contribution in [0.5, 0.6) is 0 Å². The summed E-state index contributed by atoms with van der Waals surface area (Å²) in [7, 11) is 0. The number of carbonyl (C=O) groups is 2. The molecule has 0 aliphatic carbocycles. The third-order valence-corrected chi connectivity index (χ3v) is 2.94. The Morgan fingerprint density at radius 1 is 1.30 bits per heavy atom. The molecule has 0 spiro atoms. The highest BCUT2D eigenvalue weighted by atomic mass is 16.4. The Bertz CT molecular complexity index is 695. The van der Waals surface area contributed by atoms with E-state index in [0.29, 0.717) is 11.2 Å². The van der Waals surface area contributed by atoms with E-state index in [9.17, 15) is 9.59 Å². The Hall–Kier alpha value is -2.63. The van der Waals surface area contributed by atoms with Gasteiger partial charge >= 0.3 is 5.97 Å². The molecule has 1 heterocycles. The minimum absolute atomic E-state index is 0.0931. The molecule has 2 rings (SSSR count). The average molecular weight is 273 g/mol. The molecule has 104 valence electrons. The van der Waals surface area contributed by atoms with Crippen LogP contribution >= 0.6 is 0 Å². The zero-order valence-electron chi connectivity index (χ0n) is 11.2. The van der Waals surface area contributed by atoms with Crippen molar-refractivity contribution in [2.75, 3.05) is 5.73 Å². The van der Waals surface area contributed by atoms with Crippen molar-refractivity contribution in [3.05, 3.63) is 36.0 Å². The highest BCUT2D eigenvalue weighted by Crippen LogP contribution is 2.20. The molecule has 4 N–H and O–H groups in total. The van der Waals surface area contributed by atoms with Gasteiger partial charge in [0.1, 0.15) is 11.2 Å². The topological polar surface area (TPSA) is 105 Å². The van der Waals surface area contributed by atoms with E-state index in [4.69, 9.17) is 10.8 Å². The van der Waals surface area contributed by atoms with Crippen LogP contribution in [-0.4, -0.2) is 27.5 Å². The number of nitrogens with zero attached hydrogens (tertiary/aromatic N) is 1. The number of rotatable bonds is 3. The number of carboxylic acids is 1. The standard InChI is InChI=1S/C14H15N3O3/c1-14(2,13(19)20)17-12(18)11-7-9(15)8-5-3-4-6-10(8)16-11/h3-7H,1-2H3,(H2,15,16)(H,17,18)(H,19,20). The number of fused-ring (bicyclic) bond motifs is 1. The number of hydrogen-bond donors (Lipinski definition) is 3. The van der Waals surface area contributed by atoms with Gasteiger partial charge in [-0.3, -0.25) is 4.79 Å². The second-order valence-corrected chi connectivity index (χ2v) is 5.00. The zero-order valence-corrected chi connectivity index (χ0v) is 11.2. The van der Waals surface area contributed by atoms with Crippen molar-refractivity contribution in [1.29, 1.82) is 0 Å². The van der Waals surface area contributed by atoms with E-state index >= 15 is 0 Å². The fourth-order valence-electron chi connectivity index (χ4n) is 1.72. The van der Waals surface area contributed by atoms with Gasteiger partial charge in [-0.1, -0.05) is 18.2 Å². The molecule has 0 saturated heterocycles. The molecule has 20 heavy (non-hydrogen) atoms. The van der Waals surface area contributed by atoms with Gasteiger partial charge < -0.3 is 16.2 Å². The number of carboxylic acid groups (broad SMARTS) is 1. The maximum Gasteiger partial charge on any atom is 0.328 e. The third kappa shape index (κ3) is 2.54. The zero-order chi connectivity index (χ0) is 14.9. The summed E-state index contributed by atoms with van der Waals surface area (Å²) in [5, 5.41) is 12.2. The van der Waals surface area contributed by atoms with E-state index in [1.165, 1.54) is 19.9 Å². The smallest absolute Gasteiger partial charge is 0.328 e. The highest BCUT2D eigenvalue weighted by Gasteiger charge is 2.29.